The van der Waals surface area contributed by atoms with E-state index in [4.69, 9.17) is 4.74 Å². The third-order valence-corrected chi connectivity index (χ3v) is 4.46. The molecule has 0 saturated carbocycles. The predicted molar refractivity (Wildman–Crippen MR) is 98.7 cm³/mol. The molecule has 2 heterocycles. The lowest BCUT2D eigenvalue weighted by Gasteiger charge is -2.23. The highest BCUT2D eigenvalue weighted by Crippen LogP contribution is 2.16. The molecule has 2 aromatic rings. The van der Waals surface area contributed by atoms with Gasteiger partial charge in [0.25, 0.3) is 5.91 Å². The molecule has 1 unspecified atom stereocenters. The number of ether oxygens (including phenoxy) is 1. The SMILES string of the molecule is CCN(Cc1ccccc1)c1ccc(C(=O)NCC2CCCO2)nc1. The Hall–Kier alpha value is -2.40. The molecule has 0 spiro atoms. The van der Waals surface area contributed by atoms with Crippen LogP contribution in [-0.2, 0) is 11.3 Å². The molecule has 1 aliphatic heterocycles. The third kappa shape index (κ3) is 4.79. The lowest BCUT2D eigenvalue weighted by atomic mass is 10.2. The maximum atomic E-state index is 12.2. The minimum absolute atomic E-state index is 0.143. The lowest BCUT2D eigenvalue weighted by molar-refractivity contribution is 0.0853. The van der Waals surface area contributed by atoms with Gasteiger partial charge in [-0.05, 0) is 37.5 Å². The van der Waals surface area contributed by atoms with E-state index in [1.165, 1.54) is 5.56 Å². The minimum atomic E-state index is -0.145. The highest BCUT2D eigenvalue weighted by molar-refractivity contribution is 5.92. The van der Waals surface area contributed by atoms with Crippen molar-refractivity contribution in [2.75, 3.05) is 24.6 Å². The van der Waals surface area contributed by atoms with Gasteiger partial charge in [-0.25, -0.2) is 4.98 Å². The van der Waals surface area contributed by atoms with E-state index >= 15 is 0 Å². The smallest absolute Gasteiger partial charge is 0.269 e. The van der Waals surface area contributed by atoms with Crippen LogP contribution in [0.2, 0.25) is 0 Å². The number of benzene rings is 1. The molecule has 0 aliphatic carbocycles. The fourth-order valence-corrected chi connectivity index (χ4v) is 3.00. The quantitative estimate of drug-likeness (QED) is 0.842. The lowest BCUT2D eigenvalue weighted by Crippen LogP contribution is -2.32. The summed E-state index contributed by atoms with van der Waals surface area (Å²) in [6, 6.07) is 14.1. The van der Waals surface area contributed by atoms with Crippen LogP contribution in [0, 0.1) is 0 Å². The van der Waals surface area contributed by atoms with Gasteiger partial charge < -0.3 is 15.0 Å². The summed E-state index contributed by atoms with van der Waals surface area (Å²) >= 11 is 0. The van der Waals surface area contributed by atoms with Gasteiger partial charge in [0.1, 0.15) is 5.69 Å². The first kappa shape index (κ1) is 17.4. The summed E-state index contributed by atoms with van der Waals surface area (Å²) in [7, 11) is 0. The molecule has 1 fully saturated rings. The van der Waals surface area contributed by atoms with Crippen molar-refractivity contribution in [1.29, 1.82) is 0 Å². The summed E-state index contributed by atoms with van der Waals surface area (Å²) in [4.78, 5) is 18.8. The molecule has 1 atom stereocenters. The summed E-state index contributed by atoms with van der Waals surface area (Å²) in [5.41, 5.74) is 2.71. The van der Waals surface area contributed by atoms with Crippen molar-refractivity contribution in [2.45, 2.75) is 32.4 Å². The number of aromatic nitrogens is 1. The standard InChI is InChI=1S/C20H25N3O2/c1-2-23(15-16-7-4-3-5-8-16)17-10-11-19(21-13-17)20(24)22-14-18-9-6-12-25-18/h3-5,7-8,10-11,13,18H,2,6,9,12,14-15H2,1H3,(H,22,24). The van der Waals surface area contributed by atoms with E-state index < -0.39 is 0 Å². The number of pyridine rings is 1. The molecule has 0 radical (unpaired) electrons. The molecule has 25 heavy (non-hydrogen) atoms. The van der Waals surface area contributed by atoms with Crippen molar-refractivity contribution in [3.8, 4) is 0 Å². The Morgan fingerprint density at radius 3 is 2.76 bits per heavy atom. The molecule has 5 heteroatoms. The van der Waals surface area contributed by atoms with Gasteiger partial charge in [-0.1, -0.05) is 30.3 Å². The average molecular weight is 339 g/mol. The van der Waals surface area contributed by atoms with Crippen molar-refractivity contribution in [3.63, 3.8) is 0 Å². The van der Waals surface area contributed by atoms with Gasteiger partial charge >= 0.3 is 0 Å². The van der Waals surface area contributed by atoms with E-state index in [2.05, 4.69) is 34.3 Å². The van der Waals surface area contributed by atoms with Crippen LogP contribution in [0.25, 0.3) is 0 Å². The Kier molecular flexibility index (Phi) is 6.01. The van der Waals surface area contributed by atoms with E-state index in [9.17, 15) is 4.79 Å². The molecule has 132 valence electrons. The van der Waals surface area contributed by atoms with Crippen LogP contribution in [0.1, 0.15) is 35.8 Å². The molecule has 1 aliphatic rings. The fraction of sp³-hybridized carbons (Fsp3) is 0.400. The van der Waals surface area contributed by atoms with Gasteiger partial charge in [-0.3, -0.25) is 4.79 Å². The second kappa shape index (κ2) is 8.62. The number of hydrogen-bond acceptors (Lipinski definition) is 4. The van der Waals surface area contributed by atoms with Crippen LogP contribution in [0.15, 0.2) is 48.7 Å². The van der Waals surface area contributed by atoms with E-state index in [1.54, 1.807) is 12.3 Å². The second-order valence-corrected chi connectivity index (χ2v) is 6.25. The summed E-state index contributed by atoms with van der Waals surface area (Å²) in [6.45, 7) is 5.16. The number of rotatable bonds is 7. The Morgan fingerprint density at radius 1 is 1.28 bits per heavy atom. The number of carbonyl (C=O) groups excluding carboxylic acids is 1. The van der Waals surface area contributed by atoms with E-state index in [1.807, 2.05) is 24.3 Å². The highest BCUT2D eigenvalue weighted by atomic mass is 16.5. The molecule has 1 aromatic carbocycles. The second-order valence-electron chi connectivity index (χ2n) is 6.25. The third-order valence-electron chi connectivity index (χ3n) is 4.46. The normalized spacial score (nSPS) is 16.6. The fourth-order valence-electron chi connectivity index (χ4n) is 3.00. The van der Waals surface area contributed by atoms with Gasteiger partial charge in [0.05, 0.1) is 18.0 Å². The monoisotopic (exact) mass is 339 g/mol. The number of nitrogens with one attached hydrogen (secondary N) is 1. The zero-order chi connectivity index (χ0) is 17.5. The predicted octanol–water partition coefficient (Wildman–Crippen LogP) is 3.02. The van der Waals surface area contributed by atoms with Crippen LogP contribution in [-0.4, -0.2) is 36.7 Å². The molecular formula is C20H25N3O2. The van der Waals surface area contributed by atoms with E-state index in [0.29, 0.717) is 12.2 Å². The Balaban J connectivity index is 1.59. The Labute approximate surface area is 149 Å². The average Bonchev–Trinajstić information content (AvgIpc) is 3.19. The Bertz CT molecular complexity index is 667. The van der Waals surface area contributed by atoms with Gasteiger partial charge in [-0.2, -0.15) is 0 Å². The number of amides is 1. The molecule has 1 N–H and O–H groups in total. The number of hydrogen-bond donors (Lipinski definition) is 1. The number of anilines is 1. The summed E-state index contributed by atoms with van der Waals surface area (Å²) < 4.78 is 5.52. The molecule has 1 saturated heterocycles. The van der Waals surface area contributed by atoms with Crippen molar-refractivity contribution in [1.82, 2.24) is 10.3 Å². The maximum Gasteiger partial charge on any atom is 0.269 e. The largest absolute Gasteiger partial charge is 0.376 e. The van der Waals surface area contributed by atoms with Crippen LogP contribution >= 0.6 is 0 Å². The van der Waals surface area contributed by atoms with Gasteiger partial charge in [0, 0.05) is 26.2 Å². The van der Waals surface area contributed by atoms with Crippen molar-refractivity contribution >= 4 is 11.6 Å². The zero-order valence-corrected chi connectivity index (χ0v) is 14.6. The van der Waals surface area contributed by atoms with Crippen molar-refractivity contribution < 1.29 is 9.53 Å². The van der Waals surface area contributed by atoms with Crippen LogP contribution < -0.4 is 10.2 Å². The highest BCUT2D eigenvalue weighted by Gasteiger charge is 2.17. The summed E-state index contributed by atoms with van der Waals surface area (Å²) in [5, 5.41) is 2.90. The first-order valence-corrected chi connectivity index (χ1v) is 8.91. The molecule has 5 nitrogen and oxygen atoms in total. The molecule has 3 rings (SSSR count). The zero-order valence-electron chi connectivity index (χ0n) is 14.6. The first-order chi connectivity index (χ1) is 12.3. The van der Waals surface area contributed by atoms with Crippen molar-refractivity contribution in [3.05, 3.63) is 59.9 Å². The van der Waals surface area contributed by atoms with E-state index in [0.717, 1.165) is 38.2 Å². The minimum Gasteiger partial charge on any atom is -0.376 e. The molecule has 1 amide bonds. The van der Waals surface area contributed by atoms with Crippen LogP contribution in [0.3, 0.4) is 0 Å². The molecular weight excluding hydrogens is 314 g/mol. The van der Waals surface area contributed by atoms with Gasteiger partial charge in [0.15, 0.2) is 0 Å². The first-order valence-electron chi connectivity index (χ1n) is 8.91. The van der Waals surface area contributed by atoms with Crippen molar-refractivity contribution in [2.24, 2.45) is 0 Å². The molecule has 1 aromatic heterocycles. The van der Waals surface area contributed by atoms with Gasteiger partial charge in [-0.15, -0.1) is 0 Å². The maximum absolute atomic E-state index is 12.2. The van der Waals surface area contributed by atoms with Crippen LogP contribution in [0.4, 0.5) is 5.69 Å². The van der Waals surface area contributed by atoms with E-state index in [-0.39, 0.29) is 12.0 Å². The van der Waals surface area contributed by atoms with Crippen LogP contribution in [0.5, 0.6) is 0 Å². The topological polar surface area (TPSA) is 54.5 Å². The number of nitrogens with zero attached hydrogens (tertiary/aromatic N) is 2. The Morgan fingerprint density at radius 2 is 2.12 bits per heavy atom. The molecule has 0 bridgehead atoms. The summed E-state index contributed by atoms with van der Waals surface area (Å²) in [6.07, 6.45) is 4.00. The van der Waals surface area contributed by atoms with Gasteiger partial charge in [0.2, 0.25) is 0 Å². The summed E-state index contributed by atoms with van der Waals surface area (Å²) in [5.74, 6) is -0.145. The number of carbonyl (C=O) groups is 1.